The Morgan fingerprint density at radius 1 is 1.20 bits per heavy atom. The third-order valence-corrected chi connectivity index (χ3v) is 2.62. The Balaban J connectivity index is 2.08. The van der Waals surface area contributed by atoms with E-state index in [1.54, 1.807) is 0 Å². The van der Waals surface area contributed by atoms with E-state index in [-0.39, 0.29) is 0 Å². The summed E-state index contributed by atoms with van der Waals surface area (Å²) in [5, 5.41) is 0. The van der Waals surface area contributed by atoms with Crippen LogP contribution in [0.15, 0.2) is 12.4 Å². The van der Waals surface area contributed by atoms with E-state index >= 15 is 0 Å². The van der Waals surface area contributed by atoms with Gasteiger partial charge >= 0.3 is 0 Å². The highest BCUT2D eigenvalue weighted by Crippen LogP contribution is 2.14. The molecular formula is C11H17N3O. The van der Waals surface area contributed by atoms with E-state index in [9.17, 15) is 0 Å². The number of aromatic nitrogens is 2. The van der Waals surface area contributed by atoms with Gasteiger partial charge in [-0.05, 0) is 11.5 Å². The maximum Gasteiger partial charge on any atom is 0.225 e. The van der Waals surface area contributed by atoms with Gasteiger partial charge in [-0.3, -0.25) is 0 Å². The Morgan fingerprint density at radius 3 is 2.33 bits per heavy atom. The average Bonchev–Trinajstić information content (AvgIpc) is 2.30. The summed E-state index contributed by atoms with van der Waals surface area (Å²) < 4.78 is 5.29. The summed E-state index contributed by atoms with van der Waals surface area (Å²) in [5.41, 5.74) is 1.19. The van der Waals surface area contributed by atoms with Crippen LogP contribution < -0.4 is 4.90 Å². The Kier molecular flexibility index (Phi) is 3.16. The van der Waals surface area contributed by atoms with Gasteiger partial charge in [0, 0.05) is 25.5 Å². The van der Waals surface area contributed by atoms with Crippen molar-refractivity contribution < 1.29 is 4.74 Å². The number of anilines is 1. The highest BCUT2D eigenvalue weighted by atomic mass is 16.5. The van der Waals surface area contributed by atoms with Gasteiger partial charge in [0.15, 0.2) is 0 Å². The molecule has 2 rings (SSSR count). The smallest absolute Gasteiger partial charge is 0.225 e. The summed E-state index contributed by atoms with van der Waals surface area (Å²) in [6, 6.07) is 0. The van der Waals surface area contributed by atoms with Gasteiger partial charge in [-0.15, -0.1) is 0 Å². The van der Waals surface area contributed by atoms with Crippen molar-refractivity contribution in [1.82, 2.24) is 9.97 Å². The molecule has 1 aromatic heterocycles. The molecule has 82 valence electrons. The monoisotopic (exact) mass is 207 g/mol. The van der Waals surface area contributed by atoms with Crippen LogP contribution in [-0.2, 0) is 4.74 Å². The summed E-state index contributed by atoms with van der Waals surface area (Å²) >= 11 is 0. The highest BCUT2D eigenvalue weighted by Gasteiger charge is 2.13. The molecule has 0 amide bonds. The average molecular weight is 207 g/mol. The maximum absolute atomic E-state index is 5.29. The van der Waals surface area contributed by atoms with Crippen LogP contribution in [0.4, 0.5) is 5.95 Å². The fourth-order valence-electron chi connectivity index (χ4n) is 1.56. The second kappa shape index (κ2) is 4.57. The molecule has 0 radical (unpaired) electrons. The zero-order valence-electron chi connectivity index (χ0n) is 9.31. The number of rotatable bonds is 2. The molecule has 15 heavy (non-hydrogen) atoms. The van der Waals surface area contributed by atoms with E-state index in [0.717, 1.165) is 32.3 Å². The van der Waals surface area contributed by atoms with Crippen molar-refractivity contribution in [2.24, 2.45) is 0 Å². The number of ether oxygens (including phenoxy) is 1. The molecule has 0 atom stereocenters. The van der Waals surface area contributed by atoms with Gasteiger partial charge in [-0.1, -0.05) is 13.8 Å². The zero-order chi connectivity index (χ0) is 10.7. The third-order valence-electron chi connectivity index (χ3n) is 2.62. The van der Waals surface area contributed by atoms with E-state index < -0.39 is 0 Å². The lowest BCUT2D eigenvalue weighted by atomic mass is 10.1. The minimum Gasteiger partial charge on any atom is -0.378 e. The van der Waals surface area contributed by atoms with Gasteiger partial charge < -0.3 is 9.64 Å². The molecule has 0 aliphatic carbocycles. The van der Waals surface area contributed by atoms with Crippen molar-refractivity contribution in [2.45, 2.75) is 19.8 Å². The molecule has 0 N–H and O–H groups in total. The predicted octanol–water partition coefficient (Wildman–Crippen LogP) is 1.44. The maximum atomic E-state index is 5.29. The second-order valence-electron chi connectivity index (χ2n) is 4.07. The van der Waals surface area contributed by atoms with Crippen LogP contribution in [0.1, 0.15) is 25.3 Å². The van der Waals surface area contributed by atoms with Crippen molar-refractivity contribution in [1.29, 1.82) is 0 Å². The first-order valence-electron chi connectivity index (χ1n) is 5.42. The second-order valence-corrected chi connectivity index (χ2v) is 4.07. The SMILES string of the molecule is CC(C)c1cnc(N2CCOCC2)nc1. The first-order valence-corrected chi connectivity index (χ1v) is 5.42. The fraction of sp³-hybridized carbons (Fsp3) is 0.636. The van der Waals surface area contributed by atoms with Crippen LogP contribution in [0.5, 0.6) is 0 Å². The minimum atomic E-state index is 0.490. The molecule has 4 heteroatoms. The van der Waals surface area contributed by atoms with E-state index in [1.165, 1.54) is 5.56 Å². The van der Waals surface area contributed by atoms with Crippen LogP contribution in [-0.4, -0.2) is 36.3 Å². The number of hydrogen-bond acceptors (Lipinski definition) is 4. The van der Waals surface area contributed by atoms with Gasteiger partial charge in [-0.2, -0.15) is 0 Å². The van der Waals surface area contributed by atoms with Gasteiger partial charge in [0.25, 0.3) is 0 Å². The van der Waals surface area contributed by atoms with Crippen molar-refractivity contribution in [3.8, 4) is 0 Å². The van der Waals surface area contributed by atoms with Crippen LogP contribution in [0.25, 0.3) is 0 Å². The highest BCUT2D eigenvalue weighted by molar-refractivity contribution is 5.30. The van der Waals surface area contributed by atoms with E-state index in [1.807, 2.05) is 12.4 Å². The van der Waals surface area contributed by atoms with Gasteiger partial charge in [0.05, 0.1) is 13.2 Å². The number of nitrogens with zero attached hydrogens (tertiary/aromatic N) is 3. The van der Waals surface area contributed by atoms with Gasteiger partial charge in [0.1, 0.15) is 0 Å². The van der Waals surface area contributed by atoms with Crippen LogP contribution in [0.2, 0.25) is 0 Å². The minimum absolute atomic E-state index is 0.490. The lowest BCUT2D eigenvalue weighted by Crippen LogP contribution is -2.37. The number of morpholine rings is 1. The molecule has 1 saturated heterocycles. The summed E-state index contributed by atoms with van der Waals surface area (Å²) in [6.45, 7) is 7.62. The molecular weight excluding hydrogens is 190 g/mol. The Hall–Kier alpha value is -1.16. The molecule has 0 saturated carbocycles. The lowest BCUT2D eigenvalue weighted by molar-refractivity contribution is 0.122. The standard InChI is InChI=1S/C11H17N3O/c1-9(2)10-7-12-11(13-8-10)14-3-5-15-6-4-14/h7-9H,3-6H2,1-2H3. The predicted molar refractivity (Wildman–Crippen MR) is 59.2 cm³/mol. The molecule has 1 aromatic rings. The van der Waals surface area contributed by atoms with Crippen molar-refractivity contribution >= 4 is 5.95 Å². The molecule has 0 spiro atoms. The zero-order valence-corrected chi connectivity index (χ0v) is 9.31. The van der Waals surface area contributed by atoms with E-state index in [0.29, 0.717) is 5.92 Å². The molecule has 1 aliphatic rings. The molecule has 1 fully saturated rings. The van der Waals surface area contributed by atoms with Crippen molar-refractivity contribution in [3.63, 3.8) is 0 Å². The molecule has 0 unspecified atom stereocenters. The summed E-state index contributed by atoms with van der Waals surface area (Å²) in [4.78, 5) is 10.9. The van der Waals surface area contributed by atoms with Crippen molar-refractivity contribution in [2.75, 3.05) is 31.2 Å². The normalized spacial score (nSPS) is 17.1. The summed E-state index contributed by atoms with van der Waals surface area (Å²) in [5.74, 6) is 1.31. The molecule has 0 aromatic carbocycles. The van der Waals surface area contributed by atoms with Gasteiger partial charge in [0.2, 0.25) is 5.95 Å². The lowest BCUT2D eigenvalue weighted by Gasteiger charge is -2.26. The van der Waals surface area contributed by atoms with Gasteiger partial charge in [-0.25, -0.2) is 9.97 Å². The van der Waals surface area contributed by atoms with Crippen LogP contribution in [0.3, 0.4) is 0 Å². The molecule has 4 nitrogen and oxygen atoms in total. The first kappa shape index (κ1) is 10.4. The van der Waals surface area contributed by atoms with Crippen molar-refractivity contribution in [3.05, 3.63) is 18.0 Å². The van der Waals surface area contributed by atoms with E-state index in [2.05, 4.69) is 28.7 Å². The summed E-state index contributed by atoms with van der Waals surface area (Å²) in [6.07, 6.45) is 3.84. The Bertz CT molecular complexity index is 304. The molecule has 1 aliphatic heterocycles. The fourth-order valence-corrected chi connectivity index (χ4v) is 1.56. The van der Waals surface area contributed by atoms with Crippen LogP contribution >= 0.6 is 0 Å². The number of hydrogen-bond donors (Lipinski definition) is 0. The molecule has 2 heterocycles. The quantitative estimate of drug-likeness (QED) is 0.735. The first-order chi connectivity index (χ1) is 7.27. The van der Waals surface area contributed by atoms with Crippen LogP contribution in [0, 0.1) is 0 Å². The third kappa shape index (κ3) is 2.45. The molecule has 0 bridgehead atoms. The summed E-state index contributed by atoms with van der Waals surface area (Å²) in [7, 11) is 0. The van der Waals surface area contributed by atoms with E-state index in [4.69, 9.17) is 4.74 Å². The Morgan fingerprint density at radius 2 is 1.80 bits per heavy atom. The topological polar surface area (TPSA) is 38.2 Å². The largest absolute Gasteiger partial charge is 0.378 e. The Labute approximate surface area is 90.3 Å².